The normalized spacial score (nSPS) is 19.3. The maximum Gasteiger partial charge on any atom is 0.157 e. The molecule has 18 heavy (non-hydrogen) atoms. The van der Waals surface area contributed by atoms with Crippen LogP contribution >= 0.6 is 23.1 Å². The molecular weight excluding hydrogens is 262 g/mol. The number of aliphatic imine (C=N–C) groups is 1. The van der Waals surface area contributed by atoms with Gasteiger partial charge in [0, 0.05) is 10.6 Å². The summed E-state index contributed by atoms with van der Waals surface area (Å²) in [5, 5.41) is 8.40. The molecule has 1 aliphatic rings. The third kappa shape index (κ3) is 3.48. The zero-order valence-corrected chi connectivity index (χ0v) is 12.9. The lowest BCUT2D eigenvalue weighted by Gasteiger charge is -2.18. The van der Waals surface area contributed by atoms with Crippen LogP contribution in [0.3, 0.4) is 0 Å². The highest BCUT2D eigenvalue weighted by Gasteiger charge is 2.25. The van der Waals surface area contributed by atoms with E-state index in [2.05, 4.69) is 34.5 Å². The molecule has 1 aliphatic heterocycles. The third-order valence-electron chi connectivity index (χ3n) is 3.34. The van der Waals surface area contributed by atoms with Crippen molar-refractivity contribution >= 4 is 28.3 Å². The molecule has 0 spiro atoms. The Labute approximate surface area is 118 Å². The number of amidine groups is 1. The second-order valence-electron chi connectivity index (χ2n) is 4.59. The number of hydrogen-bond acceptors (Lipinski definition) is 5. The van der Waals surface area contributed by atoms with Crippen molar-refractivity contribution < 1.29 is 0 Å². The Bertz CT molecular complexity index is 410. The first-order valence-electron chi connectivity index (χ1n) is 6.58. The lowest BCUT2D eigenvalue weighted by Crippen LogP contribution is -2.21. The summed E-state index contributed by atoms with van der Waals surface area (Å²) < 4.78 is 0. The van der Waals surface area contributed by atoms with Crippen LogP contribution in [0.15, 0.2) is 10.4 Å². The molecular formula is C13H21N3S2. The van der Waals surface area contributed by atoms with Crippen molar-refractivity contribution in [1.29, 1.82) is 0 Å². The molecule has 1 aromatic rings. The molecule has 0 saturated heterocycles. The summed E-state index contributed by atoms with van der Waals surface area (Å²) in [7, 11) is 0. The van der Waals surface area contributed by atoms with Gasteiger partial charge in [-0.05, 0) is 12.8 Å². The molecule has 1 unspecified atom stereocenters. The molecule has 2 rings (SSSR count). The highest BCUT2D eigenvalue weighted by Crippen LogP contribution is 2.30. The molecule has 0 bridgehead atoms. The summed E-state index contributed by atoms with van der Waals surface area (Å²) in [5.74, 6) is 0.791. The fraction of sp³-hybridized carbons (Fsp3) is 0.692. The van der Waals surface area contributed by atoms with Crippen molar-refractivity contribution in [2.45, 2.75) is 45.4 Å². The van der Waals surface area contributed by atoms with E-state index < -0.39 is 0 Å². The zero-order chi connectivity index (χ0) is 13.0. The summed E-state index contributed by atoms with van der Waals surface area (Å²) in [4.78, 5) is 9.05. The number of hydrogen-bond donors (Lipinski definition) is 1. The van der Waals surface area contributed by atoms with E-state index in [-0.39, 0.29) is 0 Å². The van der Waals surface area contributed by atoms with Gasteiger partial charge in [-0.1, -0.05) is 38.5 Å². The van der Waals surface area contributed by atoms with Gasteiger partial charge in [0.15, 0.2) is 5.17 Å². The zero-order valence-electron chi connectivity index (χ0n) is 11.3. The maximum atomic E-state index is 4.60. The minimum absolute atomic E-state index is 0.666. The monoisotopic (exact) mass is 283 g/mol. The van der Waals surface area contributed by atoms with E-state index in [0.717, 1.165) is 34.9 Å². The minimum atomic E-state index is 0.666. The topological polar surface area (TPSA) is 37.3 Å². The van der Waals surface area contributed by atoms with Gasteiger partial charge >= 0.3 is 0 Å². The lowest BCUT2D eigenvalue weighted by atomic mass is 9.99. The van der Waals surface area contributed by atoms with Crippen molar-refractivity contribution in [2.75, 3.05) is 6.54 Å². The first kappa shape index (κ1) is 13.9. The fourth-order valence-electron chi connectivity index (χ4n) is 2.20. The van der Waals surface area contributed by atoms with Crippen LogP contribution in [0.2, 0.25) is 0 Å². The van der Waals surface area contributed by atoms with Gasteiger partial charge in [0.05, 0.1) is 23.8 Å². The molecule has 0 saturated carbocycles. The van der Waals surface area contributed by atoms with Crippen LogP contribution in [0.25, 0.3) is 0 Å². The highest BCUT2D eigenvalue weighted by atomic mass is 32.2. The molecule has 0 aliphatic carbocycles. The number of aryl methyl sites for hydroxylation is 1. The van der Waals surface area contributed by atoms with E-state index in [9.17, 15) is 0 Å². The Morgan fingerprint density at radius 1 is 1.44 bits per heavy atom. The second-order valence-corrected chi connectivity index (χ2v) is 6.88. The molecule has 5 heteroatoms. The second kappa shape index (κ2) is 6.57. The van der Waals surface area contributed by atoms with Crippen LogP contribution < -0.4 is 5.32 Å². The van der Waals surface area contributed by atoms with Crippen molar-refractivity contribution in [1.82, 2.24) is 10.3 Å². The SMILES string of the molecule is CCC(CC)C1CN=C(NCc2csc(C)n2)S1. The number of nitrogens with zero attached hydrogens (tertiary/aromatic N) is 2. The Hall–Kier alpha value is -0.550. The van der Waals surface area contributed by atoms with Gasteiger partial charge in [-0.25, -0.2) is 4.98 Å². The average molecular weight is 283 g/mol. The van der Waals surface area contributed by atoms with E-state index in [0.29, 0.717) is 5.25 Å². The smallest absolute Gasteiger partial charge is 0.157 e. The van der Waals surface area contributed by atoms with Crippen LogP contribution in [0.4, 0.5) is 0 Å². The molecule has 1 aromatic heterocycles. The largest absolute Gasteiger partial charge is 0.359 e. The van der Waals surface area contributed by atoms with Crippen LogP contribution in [0, 0.1) is 12.8 Å². The first-order valence-corrected chi connectivity index (χ1v) is 8.34. The maximum absolute atomic E-state index is 4.60. The van der Waals surface area contributed by atoms with Gasteiger partial charge in [0.2, 0.25) is 0 Å². The fourth-order valence-corrected chi connectivity index (χ4v) is 4.13. The standard InChI is InChI=1S/C13H21N3S2/c1-4-10(5-2)12-7-15-13(18-12)14-6-11-8-17-9(3)16-11/h8,10,12H,4-7H2,1-3H3,(H,14,15). The molecule has 0 radical (unpaired) electrons. The number of rotatable bonds is 5. The third-order valence-corrected chi connectivity index (χ3v) is 5.50. The van der Waals surface area contributed by atoms with Gasteiger partial charge in [-0.3, -0.25) is 4.99 Å². The number of thiazole rings is 1. The molecule has 0 amide bonds. The van der Waals surface area contributed by atoms with Crippen molar-refractivity contribution in [3.8, 4) is 0 Å². The van der Waals surface area contributed by atoms with Crippen molar-refractivity contribution in [3.63, 3.8) is 0 Å². The molecule has 1 N–H and O–H groups in total. The number of nitrogens with one attached hydrogen (secondary N) is 1. The number of aromatic nitrogens is 1. The lowest BCUT2D eigenvalue weighted by molar-refractivity contribution is 0.479. The first-order chi connectivity index (χ1) is 8.72. The summed E-state index contributed by atoms with van der Waals surface area (Å²) >= 11 is 3.61. The quantitative estimate of drug-likeness (QED) is 0.899. The van der Waals surface area contributed by atoms with Crippen LogP contribution in [-0.2, 0) is 6.54 Å². The predicted molar refractivity (Wildman–Crippen MR) is 81.4 cm³/mol. The number of thioether (sulfide) groups is 1. The molecule has 1 atom stereocenters. The van der Waals surface area contributed by atoms with Crippen LogP contribution in [0.5, 0.6) is 0 Å². The Morgan fingerprint density at radius 2 is 2.22 bits per heavy atom. The molecule has 0 aromatic carbocycles. The van der Waals surface area contributed by atoms with Gasteiger partial charge < -0.3 is 5.32 Å². The summed E-state index contributed by atoms with van der Waals surface area (Å²) in [6.07, 6.45) is 2.50. The van der Waals surface area contributed by atoms with E-state index in [1.54, 1.807) is 11.3 Å². The molecule has 2 heterocycles. The average Bonchev–Trinajstić information content (AvgIpc) is 2.98. The van der Waals surface area contributed by atoms with Crippen molar-refractivity contribution in [3.05, 3.63) is 16.1 Å². The van der Waals surface area contributed by atoms with E-state index in [1.165, 1.54) is 12.8 Å². The van der Waals surface area contributed by atoms with E-state index in [1.807, 2.05) is 18.7 Å². The predicted octanol–water partition coefficient (Wildman–Crippen LogP) is 3.45. The molecule has 3 nitrogen and oxygen atoms in total. The van der Waals surface area contributed by atoms with Gasteiger partial charge in [0.1, 0.15) is 0 Å². The highest BCUT2D eigenvalue weighted by molar-refractivity contribution is 8.14. The molecule has 100 valence electrons. The summed E-state index contributed by atoms with van der Waals surface area (Å²) in [6.45, 7) is 8.36. The summed E-state index contributed by atoms with van der Waals surface area (Å²) in [5.41, 5.74) is 1.12. The van der Waals surface area contributed by atoms with Crippen molar-refractivity contribution in [2.24, 2.45) is 10.9 Å². The van der Waals surface area contributed by atoms with E-state index in [4.69, 9.17) is 0 Å². The van der Waals surface area contributed by atoms with Gasteiger partial charge in [-0.15, -0.1) is 11.3 Å². The Morgan fingerprint density at radius 3 is 2.83 bits per heavy atom. The Balaban J connectivity index is 1.79. The van der Waals surface area contributed by atoms with Crippen LogP contribution in [0.1, 0.15) is 37.4 Å². The summed E-state index contributed by atoms with van der Waals surface area (Å²) in [6, 6.07) is 0. The van der Waals surface area contributed by atoms with Gasteiger partial charge in [-0.2, -0.15) is 0 Å². The minimum Gasteiger partial charge on any atom is -0.359 e. The van der Waals surface area contributed by atoms with E-state index >= 15 is 0 Å². The molecule has 0 fully saturated rings. The van der Waals surface area contributed by atoms with Gasteiger partial charge in [0.25, 0.3) is 0 Å². The van der Waals surface area contributed by atoms with Crippen LogP contribution in [-0.4, -0.2) is 21.9 Å². The Kier molecular flexibility index (Phi) is 5.06.